The van der Waals surface area contributed by atoms with Crippen molar-refractivity contribution in [3.63, 3.8) is 0 Å². The Morgan fingerprint density at radius 2 is 2.00 bits per heavy atom. The SMILES string of the molecule is CCOC(=O)c1c(C)[nH]c(O)c1C(C)=O. The van der Waals surface area contributed by atoms with E-state index in [1.54, 1.807) is 13.8 Å². The molecule has 5 nitrogen and oxygen atoms in total. The Balaban J connectivity index is 3.26. The predicted molar refractivity (Wildman–Crippen MR) is 53.2 cm³/mol. The molecule has 0 radical (unpaired) electrons. The van der Waals surface area contributed by atoms with Crippen molar-refractivity contribution >= 4 is 11.8 Å². The molecule has 0 aliphatic rings. The van der Waals surface area contributed by atoms with E-state index in [9.17, 15) is 14.7 Å². The summed E-state index contributed by atoms with van der Waals surface area (Å²) in [6, 6.07) is 0. The van der Waals surface area contributed by atoms with Crippen molar-refractivity contribution in [2.75, 3.05) is 6.61 Å². The van der Waals surface area contributed by atoms with Gasteiger partial charge in [-0.3, -0.25) is 4.79 Å². The molecule has 0 aliphatic carbocycles. The topological polar surface area (TPSA) is 79.4 Å². The number of H-pyrrole nitrogens is 1. The number of ether oxygens (including phenoxy) is 1. The molecule has 1 rings (SSSR count). The normalized spacial score (nSPS) is 10.1. The van der Waals surface area contributed by atoms with E-state index in [-0.39, 0.29) is 29.4 Å². The predicted octanol–water partition coefficient (Wildman–Crippen LogP) is 1.41. The fourth-order valence-corrected chi connectivity index (χ4v) is 1.41. The van der Waals surface area contributed by atoms with Crippen LogP contribution in [0.5, 0.6) is 5.88 Å². The summed E-state index contributed by atoms with van der Waals surface area (Å²) in [6.45, 7) is 4.78. The molecular formula is C10H13NO4. The highest BCUT2D eigenvalue weighted by molar-refractivity contribution is 6.08. The number of aryl methyl sites for hydroxylation is 1. The number of ketones is 1. The van der Waals surface area contributed by atoms with Crippen molar-refractivity contribution in [2.24, 2.45) is 0 Å². The Kier molecular flexibility index (Phi) is 3.14. The van der Waals surface area contributed by atoms with Gasteiger partial charge in [0.15, 0.2) is 5.78 Å². The molecule has 0 bridgehead atoms. The first kappa shape index (κ1) is 11.3. The first-order valence-electron chi connectivity index (χ1n) is 4.58. The van der Waals surface area contributed by atoms with Crippen LogP contribution < -0.4 is 0 Å². The maximum Gasteiger partial charge on any atom is 0.340 e. The van der Waals surface area contributed by atoms with Gasteiger partial charge in [0.25, 0.3) is 0 Å². The van der Waals surface area contributed by atoms with Crippen LogP contribution in [0, 0.1) is 6.92 Å². The average molecular weight is 211 g/mol. The van der Waals surface area contributed by atoms with Gasteiger partial charge in [-0.05, 0) is 20.8 Å². The van der Waals surface area contributed by atoms with E-state index in [1.165, 1.54) is 6.92 Å². The minimum absolute atomic E-state index is 0.00838. The van der Waals surface area contributed by atoms with Crippen LogP contribution in [0.2, 0.25) is 0 Å². The Morgan fingerprint density at radius 1 is 1.40 bits per heavy atom. The van der Waals surface area contributed by atoms with E-state index in [0.717, 1.165) is 0 Å². The summed E-state index contributed by atoms with van der Waals surface area (Å²) in [5, 5.41) is 9.42. The summed E-state index contributed by atoms with van der Waals surface area (Å²) >= 11 is 0. The fourth-order valence-electron chi connectivity index (χ4n) is 1.41. The van der Waals surface area contributed by atoms with Crippen LogP contribution in [0.3, 0.4) is 0 Å². The number of nitrogens with one attached hydrogen (secondary N) is 1. The van der Waals surface area contributed by atoms with Gasteiger partial charge >= 0.3 is 5.97 Å². The molecule has 0 aromatic carbocycles. The van der Waals surface area contributed by atoms with Crippen molar-refractivity contribution in [3.05, 3.63) is 16.8 Å². The highest BCUT2D eigenvalue weighted by Crippen LogP contribution is 2.25. The van der Waals surface area contributed by atoms with Crippen molar-refractivity contribution in [1.82, 2.24) is 4.98 Å². The lowest BCUT2D eigenvalue weighted by molar-refractivity contribution is 0.0522. The van der Waals surface area contributed by atoms with E-state index in [2.05, 4.69) is 4.98 Å². The van der Waals surface area contributed by atoms with Crippen LogP contribution in [0.25, 0.3) is 0 Å². The monoisotopic (exact) mass is 211 g/mol. The van der Waals surface area contributed by atoms with Crippen LogP contribution in [-0.2, 0) is 4.74 Å². The minimum Gasteiger partial charge on any atom is -0.494 e. The molecule has 0 amide bonds. The number of rotatable bonds is 3. The molecule has 1 aromatic rings. The molecule has 0 atom stereocenters. The summed E-state index contributed by atoms with van der Waals surface area (Å²) < 4.78 is 4.79. The summed E-state index contributed by atoms with van der Waals surface area (Å²) in [5.41, 5.74) is 0.531. The molecule has 0 unspecified atom stereocenters. The van der Waals surface area contributed by atoms with Gasteiger partial charge in [0.2, 0.25) is 5.88 Å². The minimum atomic E-state index is -0.600. The van der Waals surface area contributed by atoms with E-state index in [0.29, 0.717) is 5.69 Å². The van der Waals surface area contributed by atoms with Crippen LogP contribution in [0.4, 0.5) is 0 Å². The fraction of sp³-hybridized carbons (Fsp3) is 0.400. The number of aromatic amines is 1. The molecule has 5 heteroatoms. The molecule has 1 aromatic heterocycles. The molecule has 0 spiro atoms. The van der Waals surface area contributed by atoms with Crippen molar-refractivity contribution in [1.29, 1.82) is 0 Å². The van der Waals surface area contributed by atoms with Gasteiger partial charge in [0.05, 0.1) is 17.7 Å². The zero-order valence-corrected chi connectivity index (χ0v) is 8.88. The Hall–Kier alpha value is -1.78. The second-order valence-corrected chi connectivity index (χ2v) is 3.13. The van der Waals surface area contributed by atoms with Crippen LogP contribution in [0.15, 0.2) is 0 Å². The third kappa shape index (κ3) is 2.01. The number of carbonyl (C=O) groups is 2. The van der Waals surface area contributed by atoms with Gasteiger partial charge in [0, 0.05) is 5.69 Å². The number of hydrogen-bond donors (Lipinski definition) is 2. The van der Waals surface area contributed by atoms with E-state index in [1.807, 2.05) is 0 Å². The van der Waals surface area contributed by atoms with E-state index in [4.69, 9.17) is 4.74 Å². The quantitative estimate of drug-likeness (QED) is 0.585. The second kappa shape index (κ2) is 4.16. The Bertz CT molecular complexity index is 406. The second-order valence-electron chi connectivity index (χ2n) is 3.13. The maximum atomic E-state index is 11.5. The standard InChI is InChI=1S/C10H13NO4/c1-4-15-10(14)7-5(2)11-9(13)8(7)6(3)12/h11,13H,4H2,1-3H3. The largest absolute Gasteiger partial charge is 0.494 e. The molecule has 0 saturated carbocycles. The van der Waals surface area contributed by atoms with Gasteiger partial charge in [-0.2, -0.15) is 0 Å². The van der Waals surface area contributed by atoms with Gasteiger partial charge in [-0.15, -0.1) is 0 Å². The number of hydrogen-bond acceptors (Lipinski definition) is 4. The van der Waals surface area contributed by atoms with Crippen LogP contribution >= 0.6 is 0 Å². The van der Waals surface area contributed by atoms with E-state index >= 15 is 0 Å². The first-order chi connectivity index (χ1) is 6.99. The first-order valence-corrected chi connectivity index (χ1v) is 4.58. The molecule has 0 saturated heterocycles. The highest BCUT2D eigenvalue weighted by Gasteiger charge is 2.24. The third-order valence-corrected chi connectivity index (χ3v) is 2.00. The summed E-state index contributed by atoms with van der Waals surface area (Å²) in [4.78, 5) is 25.3. The van der Waals surface area contributed by atoms with E-state index < -0.39 is 5.97 Å². The van der Waals surface area contributed by atoms with Crippen molar-refractivity contribution in [2.45, 2.75) is 20.8 Å². The molecule has 0 aliphatic heterocycles. The summed E-state index contributed by atoms with van der Waals surface area (Å²) in [5.74, 6) is -1.26. The molecule has 82 valence electrons. The zero-order chi connectivity index (χ0) is 11.6. The summed E-state index contributed by atoms with van der Waals surface area (Å²) in [6.07, 6.45) is 0. The Labute approximate surface area is 87.1 Å². The number of Topliss-reactive ketones (excluding diaryl/α,β-unsaturated/α-hetero) is 1. The van der Waals surface area contributed by atoms with Crippen molar-refractivity contribution in [3.8, 4) is 5.88 Å². The smallest absolute Gasteiger partial charge is 0.340 e. The third-order valence-electron chi connectivity index (χ3n) is 2.00. The van der Waals surface area contributed by atoms with Crippen LogP contribution in [0.1, 0.15) is 40.3 Å². The highest BCUT2D eigenvalue weighted by atomic mass is 16.5. The number of esters is 1. The van der Waals surface area contributed by atoms with Gasteiger partial charge in [-0.25, -0.2) is 4.79 Å². The number of carbonyl (C=O) groups excluding carboxylic acids is 2. The molecule has 1 heterocycles. The zero-order valence-electron chi connectivity index (χ0n) is 8.88. The lowest BCUT2D eigenvalue weighted by atomic mass is 10.1. The maximum absolute atomic E-state index is 11.5. The number of aromatic hydroxyl groups is 1. The summed E-state index contributed by atoms with van der Waals surface area (Å²) in [7, 11) is 0. The molecule has 0 fully saturated rings. The van der Waals surface area contributed by atoms with Gasteiger partial charge in [0.1, 0.15) is 0 Å². The Morgan fingerprint density at radius 3 is 2.47 bits per heavy atom. The average Bonchev–Trinajstić information content (AvgIpc) is 2.41. The number of aromatic nitrogens is 1. The van der Waals surface area contributed by atoms with Crippen LogP contribution in [-0.4, -0.2) is 28.4 Å². The van der Waals surface area contributed by atoms with Gasteiger partial charge in [-0.1, -0.05) is 0 Å². The molecular weight excluding hydrogens is 198 g/mol. The van der Waals surface area contributed by atoms with Gasteiger partial charge < -0.3 is 14.8 Å². The molecule has 2 N–H and O–H groups in total. The lowest BCUT2D eigenvalue weighted by Crippen LogP contribution is -2.09. The molecule has 15 heavy (non-hydrogen) atoms. The lowest BCUT2D eigenvalue weighted by Gasteiger charge is -2.02. The van der Waals surface area contributed by atoms with Crippen molar-refractivity contribution < 1.29 is 19.4 Å².